The van der Waals surface area contributed by atoms with Crippen molar-refractivity contribution < 1.29 is 8.42 Å². The minimum Gasteiger partial charge on any atom is -0.357 e. The molecule has 1 N–H and O–H groups in total. The number of thioether (sulfide) groups is 1. The molecule has 0 bridgehead atoms. The van der Waals surface area contributed by atoms with E-state index in [1.54, 1.807) is 4.31 Å². The van der Waals surface area contributed by atoms with E-state index >= 15 is 0 Å². The maximum absolute atomic E-state index is 12.5. The molecule has 0 amide bonds. The Hall–Kier alpha value is -1.26. The number of nitrogens with one attached hydrogen (secondary N) is 1. The number of aliphatic imine (C=N–C) groups is 1. The molecular formula is C17H30N6O2S2. The summed E-state index contributed by atoms with van der Waals surface area (Å²) in [5.74, 6) is 3.10. The lowest BCUT2D eigenvalue weighted by atomic mass is 10.0. The van der Waals surface area contributed by atoms with Crippen molar-refractivity contribution in [3.8, 4) is 0 Å². The quantitative estimate of drug-likeness (QED) is 0.541. The lowest BCUT2D eigenvalue weighted by Gasteiger charge is -2.25. The van der Waals surface area contributed by atoms with E-state index in [2.05, 4.69) is 26.5 Å². The third kappa shape index (κ3) is 5.39. The van der Waals surface area contributed by atoms with Gasteiger partial charge in [0.1, 0.15) is 0 Å². The number of hydrogen-bond donors (Lipinski definition) is 1. The van der Waals surface area contributed by atoms with Crippen LogP contribution in [0.1, 0.15) is 24.8 Å². The summed E-state index contributed by atoms with van der Waals surface area (Å²) < 4.78 is 28.4. The maximum atomic E-state index is 12.5. The highest BCUT2D eigenvalue weighted by molar-refractivity contribution is 7.99. The summed E-state index contributed by atoms with van der Waals surface area (Å²) >= 11 is 1.81. The van der Waals surface area contributed by atoms with Crippen molar-refractivity contribution in [1.29, 1.82) is 0 Å². The van der Waals surface area contributed by atoms with Crippen molar-refractivity contribution in [1.82, 2.24) is 24.3 Å². The molecule has 1 atom stereocenters. The van der Waals surface area contributed by atoms with Crippen LogP contribution in [-0.2, 0) is 17.1 Å². The SMILES string of the molecule is CCNC(=NCCS(=O)(=O)N1CCSCC1)N1CCC(c2cnn(C)c2)C1. The molecule has 27 heavy (non-hydrogen) atoms. The Bertz CT molecular complexity index is 742. The zero-order valence-electron chi connectivity index (χ0n) is 16.2. The molecule has 0 spiro atoms. The second-order valence-corrected chi connectivity index (χ2v) is 10.3. The Morgan fingerprint density at radius 3 is 2.81 bits per heavy atom. The van der Waals surface area contributed by atoms with Crippen molar-refractivity contribution in [2.75, 3.05) is 56.5 Å². The molecule has 2 aliphatic rings. The Morgan fingerprint density at radius 2 is 2.15 bits per heavy atom. The van der Waals surface area contributed by atoms with Crippen molar-refractivity contribution in [3.63, 3.8) is 0 Å². The highest BCUT2D eigenvalue weighted by Gasteiger charge is 2.27. The first kappa shape index (κ1) is 20.5. The molecule has 8 nitrogen and oxygen atoms in total. The van der Waals surface area contributed by atoms with Crippen LogP contribution >= 0.6 is 11.8 Å². The smallest absolute Gasteiger partial charge is 0.215 e. The Balaban J connectivity index is 1.58. The average Bonchev–Trinajstić information content (AvgIpc) is 3.31. The minimum absolute atomic E-state index is 0.0758. The summed E-state index contributed by atoms with van der Waals surface area (Å²) in [6, 6.07) is 0. The van der Waals surface area contributed by atoms with Crippen LogP contribution in [0.2, 0.25) is 0 Å². The Labute approximate surface area is 166 Å². The van der Waals surface area contributed by atoms with Gasteiger partial charge in [-0.15, -0.1) is 0 Å². The molecule has 10 heteroatoms. The molecule has 3 heterocycles. The molecule has 2 fully saturated rings. The second-order valence-electron chi connectivity index (χ2n) is 6.94. The Kier molecular flexibility index (Phi) is 7.04. The van der Waals surface area contributed by atoms with Gasteiger partial charge in [0.2, 0.25) is 10.0 Å². The first-order chi connectivity index (χ1) is 13.0. The number of aryl methyl sites for hydroxylation is 1. The lowest BCUT2D eigenvalue weighted by molar-refractivity contribution is 0.443. The van der Waals surface area contributed by atoms with Crippen molar-refractivity contribution in [2.24, 2.45) is 12.0 Å². The van der Waals surface area contributed by atoms with Gasteiger partial charge in [-0.25, -0.2) is 12.7 Å². The summed E-state index contributed by atoms with van der Waals surface area (Å²) in [7, 11) is -1.28. The van der Waals surface area contributed by atoms with Crippen LogP contribution in [0.3, 0.4) is 0 Å². The lowest BCUT2D eigenvalue weighted by Crippen LogP contribution is -2.41. The van der Waals surface area contributed by atoms with Gasteiger partial charge in [-0.2, -0.15) is 16.9 Å². The molecule has 152 valence electrons. The predicted molar refractivity (Wildman–Crippen MR) is 111 cm³/mol. The van der Waals surface area contributed by atoms with Crippen molar-refractivity contribution in [2.45, 2.75) is 19.3 Å². The van der Waals surface area contributed by atoms with Crippen LogP contribution in [-0.4, -0.2) is 89.9 Å². The van der Waals surface area contributed by atoms with Crippen molar-refractivity contribution >= 4 is 27.7 Å². The number of likely N-dealkylation sites (tertiary alicyclic amines) is 1. The van der Waals surface area contributed by atoms with Gasteiger partial charge >= 0.3 is 0 Å². The molecule has 1 aromatic rings. The molecule has 0 saturated carbocycles. The van der Waals surface area contributed by atoms with E-state index in [4.69, 9.17) is 0 Å². The molecule has 2 saturated heterocycles. The van der Waals surface area contributed by atoms with E-state index in [1.165, 1.54) is 5.56 Å². The van der Waals surface area contributed by atoms with E-state index in [-0.39, 0.29) is 5.75 Å². The highest BCUT2D eigenvalue weighted by Crippen LogP contribution is 2.26. The van der Waals surface area contributed by atoms with Gasteiger partial charge in [0.25, 0.3) is 0 Å². The molecule has 2 aliphatic heterocycles. The van der Waals surface area contributed by atoms with E-state index in [0.29, 0.717) is 25.6 Å². The van der Waals surface area contributed by atoms with Gasteiger partial charge in [0, 0.05) is 63.4 Å². The number of guanidine groups is 1. The van der Waals surface area contributed by atoms with Crippen LogP contribution in [0.15, 0.2) is 17.4 Å². The van der Waals surface area contributed by atoms with Crippen LogP contribution in [0, 0.1) is 0 Å². The van der Waals surface area contributed by atoms with Gasteiger partial charge in [-0.05, 0) is 18.9 Å². The Morgan fingerprint density at radius 1 is 1.37 bits per heavy atom. The largest absolute Gasteiger partial charge is 0.357 e. The van der Waals surface area contributed by atoms with E-state index < -0.39 is 10.0 Å². The summed E-state index contributed by atoms with van der Waals surface area (Å²) in [6.07, 6.45) is 5.06. The van der Waals surface area contributed by atoms with Crippen LogP contribution in [0.5, 0.6) is 0 Å². The zero-order chi connectivity index (χ0) is 19.3. The van der Waals surface area contributed by atoms with E-state index in [1.807, 2.05) is 36.6 Å². The summed E-state index contributed by atoms with van der Waals surface area (Å²) in [4.78, 5) is 6.84. The van der Waals surface area contributed by atoms with Gasteiger partial charge in [-0.3, -0.25) is 9.67 Å². The fourth-order valence-electron chi connectivity index (χ4n) is 3.52. The van der Waals surface area contributed by atoms with Crippen molar-refractivity contribution in [3.05, 3.63) is 18.0 Å². The van der Waals surface area contributed by atoms with Gasteiger partial charge in [0.15, 0.2) is 5.96 Å². The van der Waals surface area contributed by atoms with Crippen LogP contribution in [0.4, 0.5) is 0 Å². The molecule has 0 radical (unpaired) electrons. The molecule has 1 unspecified atom stereocenters. The minimum atomic E-state index is -3.21. The van der Waals surface area contributed by atoms with E-state index in [0.717, 1.165) is 43.5 Å². The molecular weight excluding hydrogens is 384 g/mol. The van der Waals surface area contributed by atoms with Gasteiger partial charge in [-0.1, -0.05) is 0 Å². The second kappa shape index (κ2) is 9.29. The summed E-state index contributed by atoms with van der Waals surface area (Å²) in [5, 5.41) is 7.58. The standard InChI is InChI=1S/C17H30N6O2S2/c1-3-18-17(19-5-11-27(24,25)23-7-9-26-10-8-23)22-6-4-15(14-22)16-12-20-21(2)13-16/h12-13,15H,3-11,14H2,1-2H3,(H,18,19). The molecule has 0 aliphatic carbocycles. The number of rotatable bonds is 6. The normalized spacial score (nSPS) is 22.4. The van der Waals surface area contributed by atoms with Crippen LogP contribution < -0.4 is 5.32 Å². The fraction of sp³-hybridized carbons (Fsp3) is 0.765. The number of sulfonamides is 1. The average molecular weight is 415 g/mol. The first-order valence-electron chi connectivity index (χ1n) is 9.57. The fourth-order valence-corrected chi connectivity index (χ4v) is 5.98. The first-order valence-corrected chi connectivity index (χ1v) is 12.3. The van der Waals surface area contributed by atoms with Crippen LogP contribution in [0.25, 0.3) is 0 Å². The monoisotopic (exact) mass is 414 g/mol. The third-order valence-electron chi connectivity index (χ3n) is 4.99. The predicted octanol–water partition coefficient (Wildman–Crippen LogP) is 0.554. The molecule has 3 rings (SSSR count). The van der Waals surface area contributed by atoms with E-state index in [9.17, 15) is 8.42 Å². The highest BCUT2D eigenvalue weighted by atomic mass is 32.2. The van der Waals surface area contributed by atoms with Gasteiger partial charge in [0.05, 0.1) is 18.5 Å². The number of nitrogens with zero attached hydrogens (tertiary/aromatic N) is 5. The topological polar surface area (TPSA) is 82.8 Å². The summed E-state index contributed by atoms with van der Waals surface area (Å²) in [5.41, 5.74) is 1.25. The summed E-state index contributed by atoms with van der Waals surface area (Å²) in [6.45, 7) is 6.14. The zero-order valence-corrected chi connectivity index (χ0v) is 17.8. The maximum Gasteiger partial charge on any atom is 0.215 e. The molecule has 1 aromatic heterocycles. The van der Waals surface area contributed by atoms with Gasteiger partial charge < -0.3 is 10.2 Å². The number of aromatic nitrogens is 2. The number of hydrogen-bond acceptors (Lipinski definition) is 5. The molecule has 0 aromatic carbocycles. The third-order valence-corrected chi connectivity index (χ3v) is 7.79.